The van der Waals surface area contributed by atoms with Crippen LogP contribution in [0.1, 0.15) is 0 Å². The summed E-state index contributed by atoms with van der Waals surface area (Å²) in [7, 11) is 0. The van der Waals surface area contributed by atoms with Crippen molar-refractivity contribution in [3.63, 3.8) is 0 Å². The van der Waals surface area contributed by atoms with E-state index < -0.39 is 0 Å². The van der Waals surface area contributed by atoms with E-state index in [0.717, 1.165) is 37.8 Å². The van der Waals surface area contributed by atoms with Gasteiger partial charge in [-0.15, -0.1) is 0 Å². The van der Waals surface area contributed by atoms with Crippen LogP contribution in [0, 0.1) is 0 Å². The normalized spacial score (nSPS) is 21.6. The third-order valence-corrected chi connectivity index (χ3v) is 3.21. The first-order valence-corrected chi connectivity index (χ1v) is 7.73. The molecule has 4 rings (SSSR count). The maximum atomic E-state index is 5.23. The van der Waals surface area contributed by atoms with Gasteiger partial charge in [0.05, 0.1) is 37.8 Å². The number of hydrogen-bond acceptors (Lipinski definition) is 5. The van der Waals surface area contributed by atoms with Crippen molar-refractivity contribution < 1.29 is 14.2 Å². The third kappa shape index (κ3) is 6.69. The van der Waals surface area contributed by atoms with Gasteiger partial charge in [0.15, 0.2) is 0 Å². The quantitative estimate of drug-likeness (QED) is 0.600. The Balaban J connectivity index is 0.000000149. The molecule has 2 atom stereocenters. The molecule has 0 radical (unpaired) electrons. The van der Waals surface area contributed by atoms with Crippen LogP contribution in [0.4, 0.5) is 11.4 Å². The van der Waals surface area contributed by atoms with Crippen molar-refractivity contribution in [2.75, 3.05) is 26.4 Å². The zero-order valence-corrected chi connectivity index (χ0v) is 12.9. The number of nitrogens with zero attached hydrogens (tertiary/aromatic N) is 2. The third-order valence-electron chi connectivity index (χ3n) is 3.21. The standard InChI is InChI=1S/C12H10N2.C6H10O3/c1-3-7-11(8-4-1)13-14-12-9-5-2-6-10-12;1(5-3-8-5)7-2-6-4-9-6/h1-10H;5-6H,1-4H2. The Kier molecular flexibility index (Phi) is 5.86. The Labute approximate surface area is 135 Å². The zero-order chi connectivity index (χ0) is 15.7. The molecule has 23 heavy (non-hydrogen) atoms. The van der Waals surface area contributed by atoms with Crippen molar-refractivity contribution in [2.24, 2.45) is 10.2 Å². The van der Waals surface area contributed by atoms with Crippen molar-refractivity contribution in [2.45, 2.75) is 12.2 Å². The Morgan fingerprint density at radius 2 is 1.13 bits per heavy atom. The van der Waals surface area contributed by atoms with Crippen LogP contribution >= 0.6 is 0 Å². The Morgan fingerprint density at radius 1 is 0.739 bits per heavy atom. The fourth-order valence-corrected chi connectivity index (χ4v) is 1.76. The maximum absolute atomic E-state index is 5.23. The Hall–Kier alpha value is -2.08. The van der Waals surface area contributed by atoms with E-state index in [-0.39, 0.29) is 0 Å². The van der Waals surface area contributed by atoms with Gasteiger partial charge in [0, 0.05) is 0 Å². The number of rotatable bonds is 6. The van der Waals surface area contributed by atoms with Crippen molar-refractivity contribution in [3.8, 4) is 0 Å². The molecule has 2 fully saturated rings. The fourth-order valence-electron chi connectivity index (χ4n) is 1.76. The highest BCUT2D eigenvalue weighted by Crippen LogP contribution is 2.16. The molecule has 0 spiro atoms. The van der Waals surface area contributed by atoms with E-state index in [9.17, 15) is 0 Å². The Bertz CT molecular complexity index is 543. The average Bonchev–Trinajstić information content (AvgIpc) is 3.51. The monoisotopic (exact) mass is 312 g/mol. The minimum absolute atomic E-state index is 0.392. The van der Waals surface area contributed by atoms with Crippen molar-refractivity contribution in [1.29, 1.82) is 0 Å². The maximum Gasteiger partial charge on any atom is 0.104 e. The summed E-state index contributed by atoms with van der Waals surface area (Å²) in [6.45, 7) is 3.26. The van der Waals surface area contributed by atoms with Crippen molar-refractivity contribution in [3.05, 3.63) is 60.7 Å². The van der Waals surface area contributed by atoms with E-state index in [1.54, 1.807) is 0 Å². The highest BCUT2D eigenvalue weighted by Gasteiger charge is 2.26. The van der Waals surface area contributed by atoms with Crippen molar-refractivity contribution >= 4 is 11.4 Å². The van der Waals surface area contributed by atoms with Crippen LogP contribution in [0.2, 0.25) is 0 Å². The molecular formula is C18H20N2O3. The Morgan fingerprint density at radius 3 is 1.48 bits per heavy atom. The summed E-state index contributed by atoms with van der Waals surface area (Å²) < 4.78 is 15.1. The number of hydrogen-bond donors (Lipinski definition) is 0. The van der Waals surface area contributed by atoms with Gasteiger partial charge >= 0.3 is 0 Å². The van der Waals surface area contributed by atoms with Crippen LogP contribution < -0.4 is 0 Å². The first-order valence-electron chi connectivity index (χ1n) is 7.73. The van der Waals surface area contributed by atoms with Gasteiger partial charge in [-0.1, -0.05) is 36.4 Å². The molecule has 5 nitrogen and oxygen atoms in total. The molecule has 0 bridgehead atoms. The number of ether oxygens (including phenoxy) is 3. The minimum atomic E-state index is 0.392. The van der Waals surface area contributed by atoms with Crippen LogP contribution in [0.3, 0.4) is 0 Å². The largest absolute Gasteiger partial charge is 0.376 e. The predicted molar refractivity (Wildman–Crippen MR) is 87.4 cm³/mol. The highest BCUT2D eigenvalue weighted by molar-refractivity contribution is 5.39. The van der Waals surface area contributed by atoms with Crippen LogP contribution in [0.5, 0.6) is 0 Å². The molecule has 0 amide bonds. The molecule has 2 aliphatic rings. The van der Waals surface area contributed by atoms with Gasteiger partial charge in [0.2, 0.25) is 0 Å². The first-order chi connectivity index (χ1) is 11.4. The second-order valence-corrected chi connectivity index (χ2v) is 5.32. The molecule has 2 unspecified atom stereocenters. The summed E-state index contributed by atoms with van der Waals surface area (Å²) in [5.74, 6) is 0. The molecule has 2 heterocycles. The summed E-state index contributed by atoms with van der Waals surface area (Å²) in [5, 5.41) is 8.20. The predicted octanol–water partition coefficient (Wildman–Crippen LogP) is 3.90. The van der Waals surface area contributed by atoms with Gasteiger partial charge < -0.3 is 14.2 Å². The van der Waals surface area contributed by atoms with Gasteiger partial charge in [-0.05, 0) is 24.3 Å². The van der Waals surface area contributed by atoms with E-state index in [1.807, 2.05) is 60.7 Å². The number of epoxide rings is 2. The van der Waals surface area contributed by atoms with Crippen LogP contribution in [-0.4, -0.2) is 38.6 Å². The van der Waals surface area contributed by atoms with Gasteiger partial charge in [-0.3, -0.25) is 0 Å². The van der Waals surface area contributed by atoms with E-state index in [1.165, 1.54) is 0 Å². The topological polar surface area (TPSA) is 59.0 Å². The lowest BCUT2D eigenvalue weighted by molar-refractivity contribution is 0.102. The SMILES string of the molecule is C(OCC1CO1)C1CO1.c1ccc(N=Nc2ccccc2)cc1. The fraction of sp³-hybridized carbons (Fsp3) is 0.333. The molecular weight excluding hydrogens is 292 g/mol. The summed E-state index contributed by atoms with van der Waals surface area (Å²) in [6, 6.07) is 19.4. The van der Waals surface area contributed by atoms with Crippen LogP contribution in [0.25, 0.3) is 0 Å². The van der Waals surface area contributed by atoms with E-state index in [4.69, 9.17) is 14.2 Å². The van der Waals surface area contributed by atoms with Gasteiger partial charge in [0.25, 0.3) is 0 Å². The molecule has 0 aromatic heterocycles. The summed E-state index contributed by atoms with van der Waals surface area (Å²) in [5.41, 5.74) is 1.74. The smallest absolute Gasteiger partial charge is 0.104 e. The molecule has 0 N–H and O–H groups in total. The van der Waals surface area contributed by atoms with Gasteiger partial charge in [-0.25, -0.2) is 0 Å². The molecule has 0 saturated carbocycles. The zero-order valence-electron chi connectivity index (χ0n) is 12.9. The molecule has 5 heteroatoms. The van der Waals surface area contributed by atoms with E-state index in [0.29, 0.717) is 12.2 Å². The van der Waals surface area contributed by atoms with E-state index >= 15 is 0 Å². The molecule has 2 saturated heterocycles. The molecule has 2 aromatic carbocycles. The lowest BCUT2D eigenvalue weighted by atomic mass is 10.3. The summed E-state index contributed by atoms with van der Waals surface area (Å²) >= 11 is 0. The van der Waals surface area contributed by atoms with Crippen LogP contribution in [-0.2, 0) is 14.2 Å². The molecule has 0 aliphatic carbocycles. The van der Waals surface area contributed by atoms with Crippen LogP contribution in [0.15, 0.2) is 70.9 Å². The molecule has 2 aromatic rings. The number of benzene rings is 2. The summed E-state index contributed by atoms with van der Waals surface area (Å²) in [6.07, 6.45) is 0.785. The van der Waals surface area contributed by atoms with E-state index in [2.05, 4.69) is 10.2 Å². The molecule has 2 aliphatic heterocycles. The van der Waals surface area contributed by atoms with Gasteiger partial charge in [-0.2, -0.15) is 10.2 Å². The van der Waals surface area contributed by atoms with Gasteiger partial charge in [0.1, 0.15) is 12.2 Å². The molecule has 120 valence electrons. The lowest BCUT2D eigenvalue weighted by Gasteiger charge is -1.95. The second-order valence-electron chi connectivity index (χ2n) is 5.32. The highest BCUT2D eigenvalue weighted by atomic mass is 16.6. The average molecular weight is 312 g/mol. The van der Waals surface area contributed by atoms with Crippen molar-refractivity contribution in [1.82, 2.24) is 0 Å². The number of azo groups is 1. The summed E-state index contributed by atoms with van der Waals surface area (Å²) in [4.78, 5) is 0. The lowest BCUT2D eigenvalue weighted by Crippen LogP contribution is -2.06. The second kappa shape index (κ2) is 8.53. The minimum Gasteiger partial charge on any atom is -0.376 e. The first kappa shape index (κ1) is 15.8.